The number of benzene rings is 2. The summed E-state index contributed by atoms with van der Waals surface area (Å²) < 4.78 is 11.6. The van der Waals surface area contributed by atoms with Crippen molar-refractivity contribution in [3.05, 3.63) is 53.6 Å². The Morgan fingerprint density at radius 2 is 1.91 bits per heavy atom. The fourth-order valence-corrected chi connectivity index (χ4v) is 5.84. The average Bonchev–Trinajstić information content (AvgIpc) is 2.82. The van der Waals surface area contributed by atoms with E-state index in [0.717, 1.165) is 56.6 Å². The number of hydrogen-bond donors (Lipinski definition) is 1. The van der Waals surface area contributed by atoms with Crippen LogP contribution in [0.25, 0.3) is 11.1 Å². The molecule has 5 nitrogen and oxygen atoms in total. The van der Waals surface area contributed by atoms with Crippen LogP contribution < -0.4 is 10.1 Å². The lowest BCUT2D eigenvalue weighted by molar-refractivity contribution is -0.0353. The molecule has 3 saturated heterocycles. The molecule has 1 unspecified atom stereocenters. The summed E-state index contributed by atoms with van der Waals surface area (Å²) in [7, 11) is 0. The second-order valence-electron chi connectivity index (χ2n) is 10.5. The lowest BCUT2D eigenvalue weighted by atomic mass is 9.70. The van der Waals surface area contributed by atoms with Gasteiger partial charge in [-0.2, -0.15) is 0 Å². The molecule has 176 valence electrons. The first-order valence-corrected chi connectivity index (χ1v) is 12.5. The van der Waals surface area contributed by atoms with Crippen molar-refractivity contribution in [1.29, 1.82) is 0 Å². The molecule has 0 aromatic heterocycles. The molecular formula is C28H36N2O3. The molecule has 1 aliphatic carbocycles. The van der Waals surface area contributed by atoms with Gasteiger partial charge in [0, 0.05) is 6.54 Å². The molecule has 33 heavy (non-hydrogen) atoms. The highest BCUT2D eigenvalue weighted by Gasteiger charge is 2.40. The highest BCUT2D eigenvalue weighted by Crippen LogP contribution is 2.44. The van der Waals surface area contributed by atoms with Gasteiger partial charge in [-0.3, -0.25) is 4.90 Å². The Morgan fingerprint density at radius 3 is 2.64 bits per heavy atom. The minimum atomic E-state index is -0.270. The molecule has 3 fully saturated rings. The van der Waals surface area contributed by atoms with Crippen molar-refractivity contribution in [3.8, 4) is 16.9 Å². The van der Waals surface area contributed by atoms with Gasteiger partial charge in [-0.05, 0) is 91.4 Å². The molecule has 0 radical (unpaired) electrons. The topological polar surface area (TPSA) is 50.8 Å². The number of amides is 1. The van der Waals surface area contributed by atoms with Crippen LogP contribution in [0.1, 0.15) is 57.2 Å². The SMILES string of the molecule is CCOc1cccc(-c2ccc3c(c2)CCC(C)(C)C3NC(=O)O[C@H]2CN3CCC2CC3)c1. The van der Waals surface area contributed by atoms with Crippen LogP contribution in [-0.4, -0.2) is 43.3 Å². The highest BCUT2D eigenvalue weighted by molar-refractivity contribution is 5.70. The third kappa shape index (κ3) is 4.61. The van der Waals surface area contributed by atoms with Gasteiger partial charge in [0.05, 0.1) is 12.6 Å². The number of rotatable bonds is 5. The lowest BCUT2D eigenvalue weighted by Crippen LogP contribution is -2.53. The summed E-state index contributed by atoms with van der Waals surface area (Å²) in [6, 6.07) is 14.8. The fourth-order valence-electron chi connectivity index (χ4n) is 5.84. The Balaban J connectivity index is 1.34. The quantitative estimate of drug-likeness (QED) is 0.648. The predicted octanol–water partition coefficient (Wildman–Crippen LogP) is 5.59. The maximum atomic E-state index is 13.0. The number of aryl methyl sites for hydroxylation is 1. The number of carbonyl (C=O) groups is 1. The van der Waals surface area contributed by atoms with Gasteiger partial charge in [0.1, 0.15) is 11.9 Å². The monoisotopic (exact) mass is 448 g/mol. The van der Waals surface area contributed by atoms with Crippen molar-refractivity contribution in [2.75, 3.05) is 26.2 Å². The fraction of sp³-hybridized carbons (Fsp3) is 0.536. The van der Waals surface area contributed by atoms with Crippen molar-refractivity contribution in [1.82, 2.24) is 10.2 Å². The summed E-state index contributed by atoms with van der Waals surface area (Å²) in [6.45, 7) is 10.3. The number of nitrogens with one attached hydrogen (secondary N) is 1. The van der Waals surface area contributed by atoms with Gasteiger partial charge in [0.25, 0.3) is 0 Å². The summed E-state index contributed by atoms with van der Waals surface area (Å²) >= 11 is 0. The van der Waals surface area contributed by atoms with E-state index in [1.165, 1.54) is 16.7 Å². The number of hydrogen-bond acceptors (Lipinski definition) is 4. The van der Waals surface area contributed by atoms with Crippen LogP contribution in [0.15, 0.2) is 42.5 Å². The third-order valence-electron chi connectivity index (χ3n) is 7.87. The first-order chi connectivity index (χ1) is 15.9. The summed E-state index contributed by atoms with van der Waals surface area (Å²) in [6.07, 6.45) is 4.07. The number of piperidine rings is 3. The number of carbonyl (C=O) groups excluding carboxylic acids is 1. The van der Waals surface area contributed by atoms with Crippen LogP contribution in [0.2, 0.25) is 0 Å². The van der Waals surface area contributed by atoms with Crippen LogP contribution >= 0.6 is 0 Å². The summed E-state index contributed by atoms with van der Waals surface area (Å²) in [5.41, 5.74) is 4.82. The predicted molar refractivity (Wildman–Crippen MR) is 130 cm³/mol. The van der Waals surface area contributed by atoms with Crippen molar-refractivity contribution in [2.45, 2.75) is 58.6 Å². The third-order valence-corrected chi connectivity index (χ3v) is 7.87. The Labute approximate surface area is 197 Å². The number of nitrogens with zero attached hydrogens (tertiary/aromatic N) is 1. The van der Waals surface area contributed by atoms with Crippen molar-refractivity contribution in [2.24, 2.45) is 11.3 Å². The minimum absolute atomic E-state index is 0.0265. The Bertz CT molecular complexity index is 1010. The molecule has 2 aromatic carbocycles. The van der Waals surface area contributed by atoms with Crippen LogP contribution in [0, 0.1) is 11.3 Å². The Hall–Kier alpha value is -2.53. The molecule has 1 amide bonds. The average molecular weight is 449 g/mol. The molecule has 3 heterocycles. The maximum Gasteiger partial charge on any atom is 0.407 e. The Kier molecular flexibility index (Phi) is 6.09. The van der Waals surface area contributed by atoms with E-state index < -0.39 is 0 Å². The summed E-state index contributed by atoms with van der Waals surface area (Å²) in [4.78, 5) is 15.4. The molecule has 5 heteroatoms. The van der Waals surface area contributed by atoms with Gasteiger partial charge in [-0.25, -0.2) is 4.79 Å². The molecule has 0 saturated carbocycles. The van der Waals surface area contributed by atoms with E-state index in [0.29, 0.717) is 12.5 Å². The molecule has 2 atom stereocenters. The van der Waals surface area contributed by atoms with E-state index in [1.54, 1.807) is 0 Å². The van der Waals surface area contributed by atoms with Gasteiger partial charge in [-0.15, -0.1) is 0 Å². The van der Waals surface area contributed by atoms with E-state index in [4.69, 9.17) is 9.47 Å². The molecule has 0 spiro atoms. The normalized spacial score (nSPS) is 27.5. The number of alkyl carbamates (subject to hydrolysis) is 1. The standard InChI is InChI=1S/C28H36N2O3/c1-4-32-23-7-5-6-20(17-23)21-8-9-24-22(16-21)10-13-28(2,3)26(24)29-27(31)33-25-18-30-14-11-19(25)12-15-30/h5-9,16-17,19,25-26H,4,10-15,18H2,1-3H3,(H,29,31)/t25-,26?/m0/s1. The van der Waals surface area contributed by atoms with E-state index in [9.17, 15) is 4.79 Å². The zero-order valence-corrected chi connectivity index (χ0v) is 20.1. The van der Waals surface area contributed by atoms with Gasteiger partial charge in [0.15, 0.2) is 0 Å². The van der Waals surface area contributed by atoms with Crippen LogP contribution in [-0.2, 0) is 11.2 Å². The molecular weight excluding hydrogens is 412 g/mol. The zero-order chi connectivity index (χ0) is 23.0. The van der Waals surface area contributed by atoms with Crippen molar-refractivity contribution < 1.29 is 14.3 Å². The van der Waals surface area contributed by atoms with Crippen molar-refractivity contribution in [3.63, 3.8) is 0 Å². The van der Waals surface area contributed by atoms with Crippen LogP contribution in [0.3, 0.4) is 0 Å². The second kappa shape index (κ2) is 9.02. The highest BCUT2D eigenvalue weighted by atomic mass is 16.6. The maximum absolute atomic E-state index is 13.0. The first kappa shape index (κ1) is 22.3. The number of fused-ring (bicyclic) bond motifs is 4. The second-order valence-corrected chi connectivity index (χ2v) is 10.5. The smallest absolute Gasteiger partial charge is 0.407 e. The van der Waals surface area contributed by atoms with Crippen LogP contribution in [0.4, 0.5) is 4.79 Å². The minimum Gasteiger partial charge on any atom is -0.494 e. The molecule has 3 aliphatic heterocycles. The first-order valence-electron chi connectivity index (χ1n) is 12.5. The van der Waals surface area contributed by atoms with Gasteiger partial charge < -0.3 is 14.8 Å². The summed E-state index contributed by atoms with van der Waals surface area (Å²) in [5.74, 6) is 1.41. The summed E-state index contributed by atoms with van der Waals surface area (Å²) in [5, 5.41) is 3.26. The van der Waals surface area contributed by atoms with Crippen LogP contribution in [0.5, 0.6) is 5.75 Å². The largest absolute Gasteiger partial charge is 0.494 e. The zero-order valence-electron chi connectivity index (χ0n) is 20.1. The molecule has 4 aliphatic rings. The van der Waals surface area contributed by atoms with E-state index in [2.05, 4.69) is 54.4 Å². The van der Waals surface area contributed by atoms with Gasteiger partial charge in [-0.1, -0.05) is 44.2 Å². The number of ether oxygens (including phenoxy) is 2. The van der Waals surface area contributed by atoms with Crippen molar-refractivity contribution >= 4 is 6.09 Å². The van der Waals surface area contributed by atoms with Gasteiger partial charge >= 0.3 is 6.09 Å². The lowest BCUT2D eigenvalue weighted by Gasteiger charge is -2.44. The van der Waals surface area contributed by atoms with E-state index in [1.807, 2.05) is 19.1 Å². The van der Waals surface area contributed by atoms with Gasteiger partial charge in [0.2, 0.25) is 0 Å². The molecule has 2 aromatic rings. The Morgan fingerprint density at radius 1 is 1.12 bits per heavy atom. The van der Waals surface area contributed by atoms with E-state index >= 15 is 0 Å². The molecule has 2 bridgehead atoms. The molecule has 6 rings (SSSR count). The van der Waals surface area contributed by atoms with E-state index in [-0.39, 0.29) is 23.7 Å². The molecule has 1 N–H and O–H groups in total.